The molecule has 0 aliphatic heterocycles. The number of halogens is 1. The van der Waals surface area contributed by atoms with E-state index in [4.69, 9.17) is 5.84 Å². The maximum Gasteiger partial charge on any atom is 0.150 e. The van der Waals surface area contributed by atoms with Crippen LogP contribution in [-0.2, 0) is 16.3 Å². The molecule has 1 aromatic rings. The smallest absolute Gasteiger partial charge is 0.150 e. The van der Waals surface area contributed by atoms with Gasteiger partial charge in [-0.1, -0.05) is 25.1 Å². The van der Waals surface area contributed by atoms with Gasteiger partial charge < -0.3 is 0 Å². The molecular formula is C13H21FN2O2S. The van der Waals surface area contributed by atoms with E-state index in [0.717, 1.165) is 0 Å². The summed E-state index contributed by atoms with van der Waals surface area (Å²) in [6.45, 7) is 1.63. The molecule has 4 nitrogen and oxygen atoms in total. The van der Waals surface area contributed by atoms with Crippen LogP contribution in [0.3, 0.4) is 0 Å². The number of hydrazine groups is 1. The summed E-state index contributed by atoms with van der Waals surface area (Å²) in [4.78, 5) is 0. The first-order chi connectivity index (χ1) is 8.98. The minimum Gasteiger partial charge on any atom is -0.271 e. The zero-order valence-corrected chi connectivity index (χ0v) is 11.9. The number of sulfone groups is 1. The molecule has 6 heteroatoms. The fourth-order valence-corrected chi connectivity index (χ4v) is 2.76. The van der Waals surface area contributed by atoms with Crippen LogP contribution < -0.4 is 11.3 Å². The lowest BCUT2D eigenvalue weighted by atomic mass is 10.0. The summed E-state index contributed by atoms with van der Waals surface area (Å²) in [5, 5.41) is 0. The predicted octanol–water partition coefficient (Wildman–Crippen LogP) is 1.42. The van der Waals surface area contributed by atoms with Crippen molar-refractivity contribution in [2.24, 2.45) is 5.84 Å². The second-order valence-corrected chi connectivity index (χ2v) is 7.01. The summed E-state index contributed by atoms with van der Waals surface area (Å²) in [6, 6.07) is 6.40. The van der Waals surface area contributed by atoms with Crippen molar-refractivity contribution < 1.29 is 12.8 Å². The molecule has 0 spiro atoms. The number of rotatable bonds is 8. The third kappa shape index (κ3) is 5.67. The normalized spacial score (nSPS) is 13.4. The van der Waals surface area contributed by atoms with Crippen molar-refractivity contribution in [3.8, 4) is 0 Å². The quantitative estimate of drug-likeness (QED) is 0.560. The summed E-state index contributed by atoms with van der Waals surface area (Å²) >= 11 is 0. The Labute approximate surface area is 114 Å². The first-order valence-corrected chi connectivity index (χ1v) is 8.20. The van der Waals surface area contributed by atoms with Crippen LogP contribution in [0.1, 0.15) is 25.3 Å². The third-order valence-corrected chi connectivity index (χ3v) is 4.90. The fraction of sp³-hybridized carbons (Fsp3) is 0.538. The zero-order valence-electron chi connectivity index (χ0n) is 11.1. The molecule has 0 amide bonds. The Morgan fingerprint density at radius 2 is 2.05 bits per heavy atom. The van der Waals surface area contributed by atoms with Crippen LogP contribution in [0.4, 0.5) is 4.39 Å². The highest BCUT2D eigenvalue weighted by molar-refractivity contribution is 7.91. The molecule has 0 bridgehead atoms. The average molecular weight is 288 g/mol. The molecule has 1 unspecified atom stereocenters. The van der Waals surface area contributed by atoms with Gasteiger partial charge in [-0.15, -0.1) is 0 Å². The Morgan fingerprint density at radius 3 is 2.63 bits per heavy atom. The molecule has 0 heterocycles. The number of hydrogen-bond acceptors (Lipinski definition) is 4. The van der Waals surface area contributed by atoms with E-state index in [2.05, 4.69) is 5.43 Å². The molecule has 1 atom stereocenters. The highest BCUT2D eigenvalue weighted by Gasteiger charge is 2.13. The van der Waals surface area contributed by atoms with E-state index in [-0.39, 0.29) is 23.4 Å². The van der Waals surface area contributed by atoms with Gasteiger partial charge in [-0.05, 0) is 30.9 Å². The van der Waals surface area contributed by atoms with Crippen LogP contribution in [0.15, 0.2) is 24.3 Å². The fourth-order valence-electron chi connectivity index (χ4n) is 1.87. The summed E-state index contributed by atoms with van der Waals surface area (Å²) in [7, 11) is -2.95. The van der Waals surface area contributed by atoms with Crippen LogP contribution in [-0.4, -0.2) is 26.0 Å². The Morgan fingerprint density at radius 1 is 1.37 bits per heavy atom. The minimum absolute atomic E-state index is 0.121. The summed E-state index contributed by atoms with van der Waals surface area (Å²) in [5.74, 6) is 5.48. The number of hydrogen-bond donors (Lipinski definition) is 2. The van der Waals surface area contributed by atoms with E-state index >= 15 is 0 Å². The molecule has 0 fully saturated rings. The van der Waals surface area contributed by atoms with E-state index in [0.29, 0.717) is 24.8 Å². The van der Waals surface area contributed by atoms with Gasteiger partial charge in [0.2, 0.25) is 0 Å². The largest absolute Gasteiger partial charge is 0.271 e. The van der Waals surface area contributed by atoms with E-state index < -0.39 is 9.84 Å². The standard InChI is InChI=1S/C13H21FN2O2S/c1-2-19(17,18)9-5-7-12(16-15)10-11-6-3-4-8-13(11)14/h3-4,6,8,12,16H,2,5,7,9-10,15H2,1H3. The Hall–Kier alpha value is -0.980. The maximum absolute atomic E-state index is 13.5. The Balaban J connectivity index is 2.49. The minimum atomic E-state index is -2.95. The van der Waals surface area contributed by atoms with Crippen molar-refractivity contribution in [1.82, 2.24) is 5.43 Å². The van der Waals surface area contributed by atoms with Crippen molar-refractivity contribution in [2.45, 2.75) is 32.2 Å². The molecule has 0 saturated heterocycles. The molecule has 0 aromatic heterocycles. The monoisotopic (exact) mass is 288 g/mol. The maximum atomic E-state index is 13.5. The number of benzene rings is 1. The Kier molecular flexibility index (Phi) is 6.41. The highest BCUT2D eigenvalue weighted by atomic mass is 32.2. The van der Waals surface area contributed by atoms with Crippen LogP contribution in [0.2, 0.25) is 0 Å². The zero-order chi connectivity index (χ0) is 14.3. The van der Waals surface area contributed by atoms with Crippen molar-refractivity contribution in [2.75, 3.05) is 11.5 Å². The average Bonchev–Trinajstić information content (AvgIpc) is 2.39. The van der Waals surface area contributed by atoms with Gasteiger partial charge in [-0.25, -0.2) is 12.8 Å². The summed E-state index contributed by atoms with van der Waals surface area (Å²) in [5.41, 5.74) is 3.21. The predicted molar refractivity (Wildman–Crippen MR) is 74.8 cm³/mol. The van der Waals surface area contributed by atoms with Crippen molar-refractivity contribution >= 4 is 9.84 Å². The molecule has 1 rings (SSSR count). The second-order valence-electron chi connectivity index (χ2n) is 4.54. The van der Waals surface area contributed by atoms with E-state index in [1.54, 1.807) is 25.1 Å². The van der Waals surface area contributed by atoms with Gasteiger partial charge in [0.25, 0.3) is 0 Å². The van der Waals surface area contributed by atoms with Crippen LogP contribution in [0, 0.1) is 5.82 Å². The molecule has 0 aliphatic carbocycles. The lowest BCUT2D eigenvalue weighted by Crippen LogP contribution is -2.37. The molecule has 0 aliphatic rings. The van der Waals surface area contributed by atoms with Crippen molar-refractivity contribution in [3.05, 3.63) is 35.6 Å². The molecule has 1 aromatic carbocycles. The van der Waals surface area contributed by atoms with Crippen molar-refractivity contribution in [3.63, 3.8) is 0 Å². The van der Waals surface area contributed by atoms with E-state index in [1.165, 1.54) is 6.07 Å². The molecule has 0 radical (unpaired) electrons. The molecule has 19 heavy (non-hydrogen) atoms. The first-order valence-electron chi connectivity index (χ1n) is 6.38. The summed E-state index contributed by atoms with van der Waals surface area (Å²) in [6.07, 6.45) is 1.58. The topological polar surface area (TPSA) is 72.2 Å². The number of nitrogens with two attached hydrogens (primary N) is 1. The van der Waals surface area contributed by atoms with Crippen LogP contribution in [0.5, 0.6) is 0 Å². The van der Waals surface area contributed by atoms with Gasteiger partial charge in [0, 0.05) is 11.8 Å². The third-order valence-electron chi connectivity index (χ3n) is 3.11. The highest BCUT2D eigenvalue weighted by Crippen LogP contribution is 2.12. The van der Waals surface area contributed by atoms with Gasteiger partial charge in [0.1, 0.15) is 15.7 Å². The van der Waals surface area contributed by atoms with E-state index in [1.807, 2.05) is 0 Å². The lowest BCUT2D eigenvalue weighted by molar-refractivity contribution is 0.474. The van der Waals surface area contributed by atoms with Crippen molar-refractivity contribution in [1.29, 1.82) is 0 Å². The van der Waals surface area contributed by atoms with Crippen LogP contribution >= 0.6 is 0 Å². The SMILES string of the molecule is CCS(=O)(=O)CCCC(Cc1ccccc1F)NN. The Bertz CT molecular complexity index is 491. The van der Waals surface area contributed by atoms with Gasteiger partial charge in [0.15, 0.2) is 0 Å². The van der Waals surface area contributed by atoms with Gasteiger partial charge in [0.05, 0.1) is 5.75 Å². The molecular weight excluding hydrogens is 267 g/mol. The molecule has 108 valence electrons. The molecule has 0 saturated carbocycles. The van der Waals surface area contributed by atoms with Gasteiger partial charge >= 0.3 is 0 Å². The van der Waals surface area contributed by atoms with E-state index in [9.17, 15) is 12.8 Å². The van der Waals surface area contributed by atoms with Crippen LogP contribution in [0.25, 0.3) is 0 Å². The second kappa shape index (κ2) is 7.57. The van der Waals surface area contributed by atoms with Gasteiger partial charge in [-0.2, -0.15) is 0 Å². The first kappa shape index (κ1) is 16.1. The van der Waals surface area contributed by atoms with Gasteiger partial charge in [-0.3, -0.25) is 11.3 Å². The summed E-state index contributed by atoms with van der Waals surface area (Å²) < 4.78 is 36.2. The lowest BCUT2D eigenvalue weighted by Gasteiger charge is -2.16. The number of nitrogens with one attached hydrogen (secondary N) is 1. The molecule has 3 N–H and O–H groups in total.